The summed E-state index contributed by atoms with van der Waals surface area (Å²) in [6.07, 6.45) is 4.24. The number of benzene rings is 3. The van der Waals surface area contributed by atoms with Gasteiger partial charge in [0.05, 0.1) is 10.6 Å². The number of anilines is 1. The summed E-state index contributed by atoms with van der Waals surface area (Å²) in [4.78, 5) is 29.3. The standard InChI is InChI=1S/C32H37Cl2N3O4S/c1-4-30(32(39)35-25-10-6-7-11-25)36(20-24-9-5-8-12-28(24)33)31(38)21-37(26-16-15-23(3)29(34)19-26)42(40,41)27-17-13-22(2)14-18-27/h5,8-9,12-19,25,30H,4,6-7,10-11,20-21H2,1-3H3,(H,35,39)/t30-/m0/s1. The average molecular weight is 631 g/mol. The number of carbonyl (C=O) groups excluding carboxylic acids is 2. The van der Waals surface area contributed by atoms with Crippen LogP contribution in [0, 0.1) is 13.8 Å². The molecule has 0 saturated heterocycles. The Hall–Kier alpha value is -3.07. The molecule has 0 unspecified atom stereocenters. The summed E-state index contributed by atoms with van der Waals surface area (Å²) in [5, 5.41) is 3.94. The van der Waals surface area contributed by atoms with E-state index in [1.807, 2.05) is 26.8 Å². The zero-order valence-electron chi connectivity index (χ0n) is 24.1. The summed E-state index contributed by atoms with van der Waals surface area (Å²) in [5.41, 5.74) is 2.58. The third-order valence-electron chi connectivity index (χ3n) is 7.72. The van der Waals surface area contributed by atoms with E-state index in [1.54, 1.807) is 48.5 Å². The van der Waals surface area contributed by atoms with Gasteiger partial charge in [-0.25, -0.2) is 8.42 Å². The van der Waals surface area contributed by atoms with Crippen LogP contribution < -0.4 is 9.62 Å². The predicted molar refractivity (Wildman–Crippen MR) is 168 cm³/mol. The van der Waals surface area contributed by atoms with Crippen molar-refractivity contribution in [1.82, 2.24) is 10.2 Å². The molecular formula is C32H37Cl2N3O4S. The molecule has 3 aromatic carbocycles. The molecule has 0 bridgehead atoms. The summed E-state index contributed by atoms with van der Waals surface area (Å²) < 4.78 is 29.1. The Morgan fingerprint density at radius 1 is 0.952 bits per heavy atom. The number of halogens is 2. The summed E-state index contributed by atoms with van der Waals surface area (Å²) in [5.74, 6) is -0.785. The molecule has 2 amide bonds. The van der Waals surface area contributed by atoms with E-state index in [0.29, 0.717) is 22.0 Å². The fourth-order valence-corrected chi connectivity index (χ4v) is 6.98. The van der Waals surface area contributed by atoms with Gasteiger partial charge in [0.25, 0.3) is 10.0 Å². The number of aryl methyl sites for hydroxylation is 2. The van der Waals surface area contributed by atoms with Crippen molar-refractivity contribution >= 4 is 50.7 Å². The fraction of sp³-hybridized carbons (Fsp3) is 0.375. The van der Waals surface area contributed by atoms with Crippen LogP contribution in [0.4, 0.5) is 5.69 Å². The van der Waals surface area contributed by atoms with E-state index in [9.17, 15) is 18.0 Å². The van der Waals surface area contributed by atoms with Gasteiger partial charge in [-0.3, -0.25) is 13.9 Å². The number of carbonyl (C=O) groups is 2. The molecule has 1 aliphatic carbocycles. The lowest BCUT2D eigenvalue weighted by Gasteiger charge is -2.34. The van der Waals surface area contributed by atoms with Gasteiger partial charge < -0.3 is 10.2 Å². The van der Waals surface area contributed by atoms with E-state index >= 15 is 0 Å². The quantitative estimate of drug-likeness (QED) is 0.256. The minimum absolute atomic E-state index is 0.0428. The molecule has 224 valence electrons. The van der Waals surface area contributed by atoms with Gasteiger partial charge in [0.15, 0.2) is 0 Å². The van der Waals surface area contributed by atoms with Crippen LogP contribution in [0.15, 0.2) is 71.6 Å². The maximum Gasteiger partial charge on any atom is 0.264 e. The minimum Gasteiger partial charge on any atom is -0.352 e. The second-order valence-electron chi connectivity index (χ2n) is 10.8. The largest absolute Gasteiger partial charge is 0.352 e. The molecule has 0 spiro atoms. The average Bonchev–Trinajstić information content (AvgIpc) is 3.47. The fourth-order valence-electron chi connectivity index (χ4n) is 5.20. The highest BCUT2D eigenvalue weighted by molar-refractivity contribution is 7.92. The van der Waals surface area contributed by atoms with Gasteiger partial charge in [0.2, 0.25) is 11.8 Å². The topological polar surface area (TPSA) is 86.8 Å². The van der Waals surface area contributed by atoms with Gasteiger partial charge in [-0.05, 0) is 74.6 Å². The van der Waals surface area contributed by atoms with E-state index in [4.69, 9.17) is 23.2 Å². The summed E-state index contributed by atoms with van der Waals surface area (Å²) in [6, 6.07) is 17.7. The van der Waals surface area contributed by atoms with Crippen LogP contribution in [0.25, 0.3) is 0 Å². The number of hydrogen-bond donors (Lipinski definition) is 1. The molecule has 0 heterocycles. The molecule has 1 atom stereocenters. The van der Waals surface area contributed by atoms with Crippen molar-refractivity contribution in [3.8, 4) is 0 Å². The number of hydrogen-bond acceptors (Lipinski definition) is 4. The van der Waals surface area contributed by atoms with E-state index in [0.717, 1.165) is 41.1 Å². The van der Waals surface area contributed by atoms with Crippen molar-refractivity contribution in [2.45, 2.75) is 76.4 Å². The first-order valence-electron chi connectivity index (χ1n) is 14.2. The lowest BCUT2D eigenvalue weighted by atomic mass is 10.1. The smallest absolute Gasteiger partial charge is 0.264 e. The van der Waals surface area contributed by atoms with Gasteiger partial charge in [-0.15, -0.1) is 0 Å². The lowest BCUT2D eigenvalue weighted by Crippen LogP contribution is -2.53. The van der Waals surface area contributed by atoms with Crippen molar-refractivity contribution in [1.29, 1.82) is 0 Å². The SMILES string of the molecule is CC[C@@H](C(=O)NC1CCCC1)N(Cc1ccccc1Cl)C(=O)CN(c1ccc(C)c(Cl)c1)S(=O)(=O)c1ccc(C)cc1. The summed E-state index contributed by atoms with van der Waals surface area (Å²) in [7, 11) is -4.18. The highest BCUT2D eigenvalue weighted by Gasteiger charge is 2.35. The minimum atomic E-state index is -4.18. The molecule has 42 heavy (non-hydrogen) atoms. The van der Waals surface area contributed by atoms with Gasteiger partial charge in [-0.2, -0.15) is 0 Å². The van der Waals surface area contributed by atoms with Crippen LogP contribution in [0.3, 0.4) is 0 Å². The molecule has 1 saturated carbocycles. The number of nitrogens with one attached hydrogen (secondary N) is 1. The van der Waals surface area contributed by atoms with Crippen LogP contribution in [0.5, 0.6) is 0 Å². The van der Waals surface area contributed by atoms with E-state index in [1.165, 1.54) is 17.0 Å². The maximum absolute atomic E-state index is 14.2. The molecule has 3 aromatic rings. The van der Waals surface area contributed by atoms with Gasteiger partial charge in [0, 0.05) is 22.6 Å². The Balaban J connectivity index is 1.74. The molecule has 4 rings (SSSR count). The van der Waals surface area contributed by atoms with Gasteiger partial charge in [-0.1, -0.05) is 84.9 Å². The first-order chi connectivity index (χ1) is 20.0. The Morgan fingerprint density at radius 3 is 2.24 bits per heavy atom. The summed E-state index contributed by atoms with van der Waals surface area (Å²) >= 11 is 12.9. The van der Waals surface area contributed by atoms with Crippen LogP contribution in [0.2, 0.25) is 10.0 Å². The van der Waals surface area contributed by atoms with E-state index < -0.39 is 28.5 Å². The molecule has 1 aliphatic rings. The second-order valence-corrected chi connectivity index (χ2v) is 13.5. The zero-order chi connectivity index (χ0) is 30.4. The molecular weight excluding hydrogens is 593 g/mol. The first-order valence-corrected chi connectivity index (χ1v) is 16.4. The molecule has 0 radical (unpaired) electrons. The molecule has 1 N–H and O–H groups in total. The molecule has 7 nitrogen and oxygen atoms in total. The Kier molecular flexibility index (Phi) is 10.6. The van der Waals surface area contributed by atoms with Crippen molar-refractivity contribution in [3.05, 3.63) is 93.5 Å². The van der Waals surface area contributed by atoms with Crippen molar-refractivity contribution in [2.75, 3.05) is 10.8 Å². The number of rotatable bonds is 11. The Labute approximate surface area is 258 Å². The summed E-state index contributed by atoms with van der Waals surface area (Å²) in [6.45, 7) is 5.03. The molecule has 0 aromatic heterocycles. The molecule has 1 fully saturated rings. The van der Waals surface area contributed by atoms with E-state index in [2.05, 4.69) is 5.32 Å². The van der Waals surface area contributed by atoms with E-state index in [-0.39, 0.29) is 29.1 Å². The number of sulfonamides is 1. The van der Waals surface area contributed by atoms with Gasteiger partial charge >= 0.3 is 0 Å². The first kappa shape index (κ1) is 31.9. The van der Waals surface area contributed by atoms with Crippen molar-refractivity contribution in [2.24, 2.45) is 0 Å². The molecule has 10 heteroatoms. The van der Waals surface area contributed by atoms with Crippen LogP contribution >= 0.6 is 23.2 Å². The normalized spacial score (nSPS) is 14.4. The van der Waals surface area contributed by atoms with Crippen LogP contribution in [-0.2, 0) is 26.2 Å². The zero-order valence-corrected chi connectivity index (χ0v) is 26.5. The number of amides is 2. The van der Waals surface area contributed by atoms with Crippen LogP contribution in [-0.4, -0.2) is 43.8 Å². The number of nitrogens with zero attached hydrogens (tertiary/aromatic N) is 2. The molecule has 0 aliphatic heterocycles. The Morgan fingerprint density at radius 2 is 1.62 bits per heavy atom. The lowest BCUT2D eigenvalue weighted by molar-refractivity contribution is -0.140. The predicted octanol–water partition coefficient (Wildman–Crippen LogP) is 6.67. The van der Waals surface area contributed by atoms with Crippen molar-refractivity contribution < 1.29 is 18.0 Å². The highest BCUT2D eigenvalue weighted by Crippen LogP contribution is 2.29. The highest BCUT2D eigenvalue weighted by atomic mass is 35.5. The van der Waals surface area contributed by atoms with Gasteiger partial charge in [0.1, 0.15) is 12.6 Å². The maximum atomic E-state index is 14.2. The van der Waals surface area contributed by atoms with Crippen molar-refractivity contribution in [3.63, 3.8) is 0 Å². The third kappa shape index (κ3) is 7.46. The monoisotopic (exact) mass is 629 g/mol. The third-order valence-corrected chi connectivity index (χ3v) is 10.3. The van der Waals surface area contributed by atoms with Crippen LogP contribution in [0.1, 0.15) is 55.7 Å². The Bertz CT molecular complexity index is 1520. The second kappa shape index (κ2) is 13.9.